The molecule has 6 heteroatoms. The number of hydrogen-bond acceptors (Lipinski definition) is 5. The van der Waals surface area contributed by atoms with Gasteiger partial charge in [0.2, 0.25) is 5.88 Å². The predicted molar refractivity (Wildman–Crippen MR) is 79.7 cm³/mol. The van der Waals surface area contributed by atoms with E-state index in [1.165, 1.54) is 7.11 Å². The highest BCUT2D eigenvalue weighted by Crippen LogP contribution is 2.19. The maximum Gasteiger partial charge on any atom is 0.261 e. The molecule has 2 rings (SSSR count). The number of amides is 1. The number of hydrogen-bond donors (Lipinski definition) is 2. The lowest BCUT2D eigenvalue weighted by Crippen LogP contribution is -2.14. The van der Waals surface area contributed by atoms with Crippen LogP contribution in [0.3, 0.4) is 0 Å². The SMILES string of the molecule is COc1ncccc1C(=O)Nc1ccc(OCCN)cc1. The van der Waals surface area contributed by atoms with Crippen molar-refractivity contribution in [3.05, 3.63) is 48.2 Å². The number of benzene rings is 1. The first-order valence-corrected chi connectivity index (χ1v) is 6.48. The molecule has 0 saturated carbocycles. The molecule has 0 aliphatic carbocycles. The summed E-state index contributed by atoms with van der Waals surface area (Å²) in [7, 11) is 1.47. The fraction of sp³-hybridized carbons (Fsp3) is 0.200. The smallest absolute Gasteiger partial charge is 0.261 e. The molecular formula is C15H17N3O3. The highest BCUT2D eigenvalue weighted by atomic mass is 16.5. The van der Waals surface area contributed by atoms with Crippen LogP contribution in [-0.2, 0) is 0 Å². The second-order valence-electron chi connectivity index (χ2n) is 4.18. The summed E-state index contributed by atoms with van der Waals surface area (Å²) in [5.74, 6) is 0.714. The van der Waals surface area contributed by atoms with Gasteiger partial charge in [-0.1, -0.05) is 0 Å². The Morgan fingerprint density at radius 3 is 2.71 bits per heavy atom. The molecule has 0 saturated heterocycles. The monoisotopic (exact) mass is 287 g/mol. The highest BCUT2D eigenvalue weighted by Gasteiger charge is 2.12. The van der Waals surface area contributed by atoms with Gasteiger partial charge in [0.15, 0.2) is 0 Å². The average molecular weight is 287 g/mol. The number of nitrogens with two attached hydrogens (primary N) is 1. The zero-order chi connectivity index (χ0) is 15.1. The first-order valence-electron chi connectivity index (χ1n) is 6.48. The highest BCUT2D eigenvalue weighted by molar-refractivity contribution is 6.05. The van der Waals surface area contributed by atoms with Gasteiger partial charge in [-0.3, -0.25) is 4.79 Å². The number of carbonyl (C=O) groups excluding carboxylic acids is 1. The summed E-state index contributed by atoms with van der Waals surface area (Å²) in [6, 6.07) is 10.4. The summed E-state index contributed by atoms with van der Waals surface area (Å²) in [6.45, 7) is 0.915. The van der Waals surface area contributed by atoms with Crippen LogP contribution in [-0.4, -0.2) is 31.2 Å². The fourth-order valence-electron chi connectivity index (χ4n) is 1.74. The molecule has 0 bridgehead atoms. The first-order chi connectivity index (χ1) is 10.2. The zero-order valence-corrected chi connectivity index (χ0v) is 11.7. The van der Waals surface area contributed by atoms with Crippen molar-refractivity contribution >= 4 is 11.6 Å². The van der Waals surface area contributed by atoms with Gasteiger partial charge in [0.25, 0.3) is 5.91 Å². The van der Waals surface area contributed by atoms with Gasteiger partial charge in [-0.25, -0.2) is 4.98 Å². The minimum atomic E-state index is -0.282. The maximum atomic E-state index is 12.2. The fourth-order valence-corrected chi connectivity index (χ4v) is 1.74. The summed E-state index contributed by atoms with van der Waals surface area (Å²) in [5.41, 5.74) is 6.40. The van der Waals surface area contributed by atoms with Gasteiger partial charge < -0.3 is 20.5 Å². The summed E-state index contributed by atoms with van der Waals surface area (Å²) in [6.07, 6.45) is 1.57. The van der Waals surface area contributed by atoms with Crippen molar-refractivity contribution in [1.29, 1.82) is 0 Å². The normalized spacial score (nSPS) is 10.0. The van der Waals surface area contributed by atoms with E-state index in [2.05, 4.69) is 10.3 Å². The second-order valence-corrected chi connectivity index (χ2v) is 4.18. The molecule has 0 radical (unpaired) electrons. The van der Waals surface area contributed by atoms with E-state index in [-0.39, 0.29) is 11.8 Å². The second kappa shape index (κ2) is 7.25. The number of rotatable bonds is 6. The lowest BCUT2D eigenvalue weighted by Gasteiger charge is -2.09. The molecular weight excluding hydrogens is 270 g/mol. The molecule has 1 aromatic heterocycles. The van der Waals surface area contributed by atoms with Crippen molar-refractivity contribution < 1.29 is 14.3 Å². The third kappa shape index (κ3) is 3.93. The Kier molecular flexibility index (Phi) is 5.11. The summed E-state index contributed by atoms with van der Waals surface area (Å²) < 4.78 is 10.4. The topological polar surface area (TPSA) is 86.5 Å². The summed E-state index contributed by atoms with van der Waals surface area (Å²) in [5, 5.41) is 2.78. The molecule has 0 aliphatic heterocycles. The zero-order valence-electron chi connectivity index (χ0n) is 11.7. The molecule has 1 amide bonds. The molecule has 0 aliphatic rings. The number of ether oxygens (including phenoxy) is 2. The lowest BCUT2D eigenvalue weighted by molar-refractivity contribution is 0.102. The molecule has 3 N–H and O–H groups in total. The number of pyridine rings is 1. The molecule has 2 aromatic rings. The van der Waals surface area contributed by atoms with Crippen LogP contribution in [0.15, 0.2) is 42.6 Å². The molecule has 0 unspecified atom stereocenters. The van der Waals surface area contributed by atoms with Gasteiger partial charge in [-0.2, -0.15) is 0 Å². The average Bonchev–Trinajstić information content (AvgIpc) is 2.54. The minimum absolute atomic E-state index is 0.282. The van der Waals surface area contributed by atoms with Crippen LogP contribution < -0.4 is 20.5 Å². The number of methoxy groups -OCH3 is 1. The van der Waals surface area contributed by atoms with Gasteiger partial charge in [0, 0.05) is 18.4 Å². The summed E-state index contributed by atoms with van der Waals surface area (Å²) in [4.78, 5) is 16.2. The third-order valence-corrected chi connectivity index (χ3v) is 2.71. The standard InChI is InChI=1S/C15H17N3O3/c1-20-15-13(3-2-9-17-15)14(19)18-11-4-6-12(7-5-11)21-10-8-16/h2-7,9H,8,10,16H2,1H3,(H,18,19). The Balaban J connectivity index is 2.05. The van der Waals surface area contributed by atoms with Crippen LogP contribution in [0.2, 0.25) is 0 Å². The Hall–Kier alpha value is -2.60. The Morgan fingerprint density at radius 2 is 2.05 bits per heavy atom. The van der Waals surface area contributed by atoms with E-state index in [1.54, 1.807) is 42.6 Å². The van der Waals surface area contributed by atoms with Crippen molar-refractivity contribution in [3.63, 3.8) is 0 Å². The molecule has 6 nitrogen and oxygen atoms in total. The third-order valence-electron chi connectivity index (χ3n) is 2.71. The van der Waals surface area contributed by atoms with E-state index in [0.717, 1.165) is 0 Å². The van der Waals surface area contributed by atoms with E-state index in [1.807, 2.05) is 0 Å². The van der Waals surface area contributed by atoms with Crippen molar-refractivity contribution in [2.45, 2.75) is 0 Å². The number of carbonyl (C=O) groups is 1. The number of nitrogens with one attached hydrogen (secondary N) is 1. The van der Waals surface area contributed by atoms with Gasteiger partial charge in [-0.05, 0) is 36.4 Å². The van der Waals surface area contributed by atoms with Crippen LogP contribution in [0.25, 0.3) is 0 Å². The van der Waals surface area contributed by atoms with E-state index in [9.17, 15) is 4.79 Å². The van der Waals surface area contributed by atoms with Crippen molar-refractivity contribution in [2.75, 3.05) is 25.6 Å². The first kappa shape index (κ1) is 14.8. The number of anilines is 1. The van der Waals surface area contributed by atoms with Crippen LogP contribution in [0.1, 0.15) is 10.4 Å². The number of nitrogens with zero attached hydrogens (tertiary/aromatic N) is 1. The number of aromatic nitrogens is 1. The van der Waals surface area contributed by atoms with Crippen molar-refractivity contribution in [2.24, 2.45) is 5.73 Å². The Bertz CT molecular complexity index is 599. The molecule has 1 aromatic carbocycles. The van der Waals surface area contributed by atoms with Crippen LogP contribution in [0, 0.1) is 0 Å². The minimum Gasteiger partial charge on any atom is -0.492 e. The van der Waals surface area contributed by atoms with Crippen LogP contribution in [0.4, 0.5) is 5.69 Å². The Morgan fingerprint density at radius 1 is 1.29 bits per heavy atom. The van der Waals surface area contributed by atoms with E-state index in [4.69, 9.17) is 15.2 Å². The van der Waals surface area contributed by atoms with Crippen LogP contribution in [0.5, 0.6) is 11.6 Å². The van der Waals surface area contributed by atoms with E-state index >= 15 is 0 Å². The lowest BCUT2D eigenvalue weighted by atomic mass is 10.2. The molecule has 1 heterocycles. The van der Waals surface area contributed by atoms with Crippen molar-refractivity contribution in [3.8, 4) is 11.6 Å². The molecule has 0 spiro atoms. The van der Waals surface area contributed by atoms with Gasteiger partial charge >= 0.3 is 0 Å². The predicted octanol–water partition coefficient (Wildman–Crippen LogP) is 1.68. The van der Waals surface area contributed by atoms with E-state index in [0.29, 0.717) is 30.2 Å². The molecule has 21 heavy (non-hydrogen) atoms. The molecule has 0 fully saturated rings. The van der Waals surface area contributed by atoms with Gasteiger partial charge in [0.1, 0.15) is 17.9 Å². The largest absolute Gasteiger partial charge is 0.492 e. The van der Waals surface area contributed by atoms with E-state index < -0.39 is 0 Å². The summed E-state index contributed by atoms with van der Waals surface area (Å²) >= 11 is 0. The van der Waals surface area contributed by atoms with Crippen LogP contribution >= 0.6 is 0 Å². The molecule has 110 valence electrons. The van der Waals surface area contributed by atoms with Gasteiger partial charge in [0.05, 0.1) is 7.11 Å². The van der Waals surface area contributed by atoms with Crippen molar-refractivity contribution in [1.82, 2.24) is 4.98 Å². The van der Waals surface area contributed by atoms with Gasteiger partial charge in [-0.15, -0.1) is 0 Å². The Labute approximate surface area is 122 Å². The molecule has 0 atom stereocenters. The maximum absolute atomic E-state index is 12.2. The quantitative estimate of drug-likeness (QED) is 0.844.